The van der Waals surface area contributed by atoms with Crippen LogP contribution < -0.4 is 10.6 Å². The number of hydrogen-bond donors (Lipinski definition) is 3. The quantitative estimate of drug-likeness (QED) is 0.376. The van der Waals surface area contributed by atoms with Gasteiger partial charge in [0.05, 0.1) is 21.7 Å². The number of aromatic nitrogens is 2. The number of piperidine rings is 1. The summed E-state index contributed by atoms with van der Waals surface area (Å²) in [5.41, 5.74) is 1.36. The smallest absolute Gasteiger partial charge is 0.336 e. The van der Waals surface area contributed by atoms with E-state index in [0.717, 1.165) is 35.6 Å². The first kappa shape index (κ1) is 22.0. The van der Waals surface area contributed by atoms with Gasteiger partial charge >= 0.3 is 5.97 Å². The molecule has 0 bridgehead atoms. The van der Waals surface area contributed by atoms with Crippen LogP contribution in [0.2, 0.25) is 5.02 Å². The first-order valence-corrected chi connectivity index (χ1v) is 11.9. The van der Waals surface area contributed by atoms with Crippen molar-refractivity contribution in [2.24, 2.45) is 5.41 Å². The molecule has 164 valence electrons. The van der Waals surface area contributed by atoms with Crippen molar-refractivity contribution in [2.45, 2.75) is 39.0 Å². The van der Waals surface area contributed by atoms with Crippen molar-refractivity contribution in [3.63, 3.8) is 0 Å². The van der Waals surface area contributed by atoms with Gasteiger partial charge in [0.25, 0.3) is 0 Å². The van der Waals surface area contributed by atoms with E-state index in [1.807, 2.05) is 12.1 Å². The molecule has 3 heterocycles. The Bertz CT molecular complexity index is 1080. The largest absolute Gasteiger partial charge is 0.478 e. The monoisotopic (exact) mass is 458 g/mol. The number of nitrogens with zero attached hydrogens (tertiary/aromatic N) is 2. The molecule has 1 aromatic carbocycles. The molecule has 2 aromatic heterocycles. The lowest BCUT2D eigenvalue weighted by Gasteiger charge is -2.37. The first-order valence-electron chi connectivity index (χ1n) is 10.7. The lowest BCUT2D eigenvalue weighted by atomic mass is 9.73. The van der Waals surface area contributed by atoms with Gasteiger partial charge in [0.1, 0.15) is 5.69 Å². The SMILES string of the molecule is CCC1(CCCNc2ncc(Cl)c(-c3cc4c(C(=O)O)cccc4s3)n2)CCNCC1. The molecule has 3 aromatic rings. The van der Waals surface area contributed by atoms with Crippen molar-refractivity contribution < 1.29 is 9.90 Å². The molecule has 0 amide bonds. The zero-order valence-corrected chi connectivity index (χ0v) is 19.2. The van der Waals surface area contributed by atoms with Gasteiger partial charge in [0.2, 0.25) is 5.95 Å². The number of hydrogen-bond acceptors (Lipinski definition) is 6. The molecule has 0 unspecified atom stereocenters. The van der Waals surface area contributed by atoms with E-state index in [-0.39, 0.29) is 5.56 Å². The number of anilines is 1. The van der Waals surface area contributed by atoms with E-state index in [2.05, 4.69) is 27.5 Å². The first-order chi connectivity index (χ1) is 15.0. The molecular formula is C23H27ClN4O2S. The van der Waals surface area contributed by atoms with Gasteiger partial charge in [-0.1, -0.05) is 31.0 Å². The second kappa shape index (κ2) is 9.51. The molecule has 0 saturated carbocycles. The van der Waals surface area contributed by atoms with Crippen LogP contribution in [-0.2, 0) is 0 Å². The third kappa shape index (κ3) is 4.84. The number of carboxylic acid groups (broad SMARTS) is 1. The van der Waals surface area contributed by atoms with Gasteiger partial charge in [-0.05, 0) is 62.4 Å². The zero-order valence-electron chi connectivity index (χ0n) is 17.6. The van der Waals surface area contributed by atoms with Crippen LogP contribution in [0, 0.1) is 5.41 Å². The summed E-state index contributed by atoms with van der Waals surface area (Å²) in [4.78, 5) is 21.3. The zero-order chi connectivity index (χ0) is 21.8. The molecule has 4 rings (SSSR count). The van der Waals surface area contributed by atoms with Gasteiger partial charge in [0.15, 0.2) is 0 Å². The molecule has 1 fully saturated rings. The Kier molecular flexibility index (Phi) is 6.74. The molecule has 1 aliphatic heterocycles. The summed E-state index contributed by atoms with van der Waals surface area (Å²) in [7, 11) is 0. The second-order valence-electron chi connectivity index (χ2n) is 8.16. The van der Waals surface area contributed by atoms with Crippen LogP contribution in [0.3, 0.4) is 0 Å². The molecule has 1 saturated heterocycles. The normalized spacial score (nSPS) is 15.8. The number of carbonyl (C=O) groups is 1. The van der Waals surface area contributed by atoms with Crippen LogP contribution in [0.1, 0.15) is 49.4 Å². The second-order valence-corrected chi connectivity index (χ2v) is 9.65. The molecule has 8 heteroatoms. The standard InChI is InChI=1S/C23H27ClN4O2S/c1-2-23(8-11-25-12-9-23)7-4-10-26-22-27-14-17(24)20(28-22)19-13-16-15(21(29)30)5-3-6-18(16)31-19/h3,5-6,13-14,25H,2,4,7-12H2,1H3,(H,29,30)(H,26,27,28). The van der Waals surface area contributed by atoms with Gasteiger partial charge in [-0.2, -0.15) is 0 Å². The summed E-state index contributed by atoms with van der Waals surface area (Å²) < 4.78 is 0.894. The molecule has 31 heavy (non-hydrogen) atoms. The van der Waals surface area contributed by atoms with E-state index in [1.54, 1.807) is 18.3 Å². The Morgan fingerprint density at radius 3 is 2.90 bits per heavy atom. The van der Waals surface area contributed by atoms with Crippen LogP contribution in [0.25, 0.3) is 20.7 Å². The Balaban J connectivity index is 1.47. The number of benzene rings is 1. The predicted octanol–water partition coefficient (Wildman–Crippen LogP) is 5.68. The maximum absolute atomic E-state index is 11.5. The van der Waals surface area contributed by atoms with E-state index in [1.165, 1.54) is 37.0 Å². The van der Waals surface area contributed by atoms with Crippen LogP contribution in [-0.4, -0.2) is 40.7 Å². The number of thiophene rings is 1. The van der Waals surface area contributed by atoms with Gasteiger partial charge in [0, 0.05) is 16.6 Å². The maximum atomic E-state index is 11.5. The number of aromatic carboxylic acids is 1. The van der Waals surface area contributed by atoms with Gasteiger partial charge in [-0.25, -0.2) is 14.8 Å². The number of halogens is 1. The average Bonchev–Trinajstić information content (AvgIpc) is 3.22. The molecule has 6 nitrogen and oxygen atoms in total. The molecular weight excluding hydrogens is 432 g/mol. The highest BCUT2D eigenvalue weighted by atomic mass is 35.5. The molecule has 3 N–H and O–H groups in total. The summed E-state index contributed by atoms with van der Waals surface area (Å²) in [5.74, 6) is -0.393. The highest BCUT2D eigenvalue weighted by Crippen LogP contribution is 2.38. The Labute approximate surface area is 191 Å². The van der Waals surface area contributed by atoms with Crippen molar-refractivity contribution in [1.29, 1.82) is 0 Å². The summed E-state index contributed by atoms with van der Waals surface area (Å²) in [5, 5.41) is 17.4. The lowest BCUT2D eigenvalue weighted by Crippen LogP contribution is -2.36. The summed E-state index contributed by atoms with van der Waals surface area (Å²) in [6.45, 7) is 5.34. The third-order valence-corrected chi connectivity index (χ3v) is 7.73. The minimum absolute atomic E-state index is 0.284. The van der Waals surface area contributed by atoms with Gasteiger partial charge in [-0.3, -0.25) is 0 Å². The molecule has 0 radical (unpaired) electrons. The van der Waals surface area contributed by atoms with Gasteiger partial charge in [-0.15, -0.1) is 11.3 Å². The van der Waals surface area contributed by atoms with Crippen molar-refractivity contribution >= 4 is 44.9 Å². The van der Waals surface area contributed by atoms with Gasteiger partial charge < -0.3 is 15.7 Å². The van der Waals surface area contributed by atoms with Crippen molar-refractivity contribution in [2.75, 3.05) is 25.0 Å². The van der Waals surface area contributed by atoms with Crippen molar-refractivity contribution in [3.05, 3.63) is 41.0 Å². The Hall–Kier alpha value is -2.22. The summed E-state index contributed by atoms with van der Waals surface area (Å²) in [6, 6.07) is 7.13. The highest BCUT2D eigenvalue weighted by molar-refractivity contribution is 7.22. The van der Waals surface area contributed by atoms with E-state index >= 15 is 0 Å². The van der Waals surface area contributed by atoms with Crippen LogP contribution >= 0.6 is 22.9 Å². The molecule has 1 aliphatic rings. The highest BCUT2D eigenvalue weighted by Gasteiger charge is 2.29. The van der Waals surface area contributed by atoms with E-state index in [9.17, 15) is 9.90 Å². The minimum atomic E-state index is -0.940. The topological polar surface area (TPSA) is 87.1 Å². The van der Waals surface area contributed by atoms with E-state index < -0.39 is 5.97 Å². The lowest BCUT2D eigenvalue weighted by molar-refractivity contribution is 0.0699. The third-order valence-electron chi connectivity index (χ3n) is 6.35. The van der Waals surface area contributed by atoms with Crippen molar-refractivity contribution in [1.82, 2.24) is 15.3 Å². The molecule has 0 atom stereocenters. The number of nitrogens with one attached hydrogen (secondary N) is 2. The summed E-state index contributed by atoms with van der Waals surface area (Å²) in [6.07, 6.45) is 7.59. The van der Waals surface area contributed by atoms with Crippen LogP contribution in [0.15, 0.2) is 30.5 Å². The molecule has 0 spiro atoms. The minimum Gasteiger partial charge on any atom is -0.478 e. The average molecular weight is 459 g/mol. The number of carboxylic acids is 1. The fourth-order valence-electron chi connectivity index (χ4n) is 4.39. The number of fused-ring (bicyclic) bond motifs is 1. The maximum Gasteiger partial charge on any atom is 0.336 e. The fourth-order valence-corrected chi connectivity index (χ4v) is 5.73. The Morgan fingerprint density at radius 1 is 1.35 bits per heavy atom. The van der Waals surface area contributed by atoms with Crippen molar-refractivity contribution in [3.8, 4) is 10.6 Å². The summed E-state index contributed by atoms with van der Waals surface area (Å²) >= 11 is 7.87. The van der Waals surface area contributed by atoms with Crippen LogP contribution in [0.4, 0.5) is 5.95 Å². The number of rotatable bonds is 8. The fraction of sp³-hybridized carbons (Fsp3) is 0.435. The predicted molar refractivity (Wildman–Crippen MR) is 127 cm³/mol. The van der Waals surface area contributed by atoms with Crippen LogP contribution in [0.5, 0.6) is 0 Å². The Morgan fingerprint density at radius 2 is 2.16 bits per heavy atom. The van der Waals surface area contributed by atoms with E-state index in [4.69, 9.17) is 11.6 Å². The van der Waals surface area contributed by atoms with E-state index in [0.29, 0.717) is 27.5 Å². The molecule has 0 aliphatic carbocycles.